The van der Waals surface area contributed by atoms with Crippen LogP contribution >= 0.6 is 12.4 Å². The van der Waals surface area contributed by atoms with Crippen molar-refractivity contribution in [2.24, 2.45) is 0 Å². The second kappa shape index (κ2) is 15.7. The van der Waals surface area contributed by atoms with Gasteiger partial charge in [0.05, 0.1) is 0 Å². The van der Waals surface area contributed by atoms with Gasteiger partial charge in [0.1, 0.15) is 0 Å². The first kappa shape index (κ1) is 23.8. The molecule has 0 heterocycles. The van der Waals surface area contributed by atoms with Crippen LogP contribution in [0.5, 0.6) is 0 Å². The number of rotatable bonds is 0. The Kier molecular flexibility index (Phi) is 53.2. The minimum atomic E-state index is -0.833. The first-order valence-electron chi connectivity index (χ1n) is 0.928. The van der Waals surface area contributed by atoms with Crippen molar-refractivity contribution >= 4 is 18.4 Å². The smallest absolute Gasteiger partial charge is 1.00 e. The summed E-state index contributed by atoms with van der Waals surface area (Å²) in [5.41, 5.74) is 0. The van der Waals surface area contributed by atoms with Crippen molar-refractivity contribution in [2.45, 2.75) is 6.92 Å². The van der Waals surface area contributed by atoms with Gasteiger partial charge >= 0.3 is 29.6 Å². The van der Waals surface area contributed by atoms with Crippen LogP contribution in [-0.2, 0) is 24.3 Å². The summed E-state index contributed by atoms with van der Waals surface area (Å²) in [6, 6.07) is 0. The summed E-state index contributed by atoms with van der Waals surface area (Å²) in [6.07, 6.45) is 0. The predicted molar refractivity (Wildman–Crippen MR) is 21.7 cm³/mol. The van der Waals surface area contributed by atoms with E-state index in [4.69, 9.17) is 9.90 Å². The first-order valence-corrected chi connectivity index (χ1v) is 0.928. The van der Waals surface area contributed by atoms with E-state index in [0.717, 1.165) is 6.92 Å². The summed E-state index contributed by atoms with van der Waals surface area (Å²) in [6.45, 7) is 1.08. The Morgan fingerprint density at radius 3 is 1.71 bits per heavy atom. The number of hydrogen-bond acceptors (Lipinski definition) is 1. The average molecular weight is 186 g/mol. The second-order valence-corrected chi connectivity index (χ2v) is 0.519. The molecular weight excluding hydrogens is 180 g/mol. The molecule has 0 aromatic carbocycles. The van der Waals surface area contributed by atoms with Crippen molar-refractivity contribution in [3.05, 3.63) is 0 Å². The minimum Gasteiger partial charge on any atom is -1.00 e. The van der Waals surface area contributed by atoms with E-state index >= 15 is 0 Å². The maximum Gasteiger partial charge on any atom is 1.00 e. The molecule has 0 atom stereocenters. The Balaban J connectivity index is -0.00000000750. The normalized spacial score (nSPS) is 3.57. The molecule has 7 heavy (non-hydrogen) atoms. The molecule has 0 aliphatic heterocycles. The number of carboxylic acid groups (broad SMARTS) is 1. The fourth-order valence-corrected chi connectivity index (χ4v) is 0. The second-order valence-electron chi connectivity index (χ2n) is 0.519. The Labute approximate surface area is 85.0 Å². The summed E-state index contributed by atoms with van der Waals surface area (Å²) in [5.74, 6) is -0.833. The largest absolute Gasteiger partial charge is 1.00 e. The van der Waals surface area contributed by atoms with E-state index in [9.17, 15) is 0 Å². The zero-order valence-electron chi connectivity index (χ0n) is 5.47. The van der Waals surface area contributed by atoms with Gasteiger partial charge in [-0.15, -0.1) is 12.4 Å². The van der Waals surface area contributed by atoms with E-state index in [2.05, 4.69) is 0 Å². The van der Waals surface area contributed by atoms with Crippen molar-refractivity contribution in [3.8, 4) is 0 Å². The number of hydrogen-bond donors (Lipinski definition) is 1. The number of carboxylic acids is 1. The van der Waals surface area contributed by atoms with Gasteiger partial charge in [0.15, 0.2) is 0 Å². The summed E-state index contributed by atoms with van der Waals surface area (Å²) in [5, 5.41) is 7.42. The molecule has 0 aromatic heterocycles. The van der Waals surface area contributed by atoms with Gasteiger partial charge in [0.2, 0.25) is 0 Å². The molecule has 2 nitrogen and oxygen atoms in total. The van der Waals surface area contributed by atoms with Gasteiger partial charge in [0, 0.05) is 26.4 Å². The Hall–Kier alpha value is 1.38. The van der Waals surface area contributed by atoms with Crippen LogP contribution in [0.1, 0.15) is 8.35 Å². The van der Waals surface area contributed by atoms with Gasteiger partial charge in [-0.1, -0.05) is 0 Å². The topological polar surface area (TPSA) is 37.3 Å². The van der Waals surface area contributed by atoms with E-state index in [0.29, 0.717) is 0 Å². The zero-order valence-corrected chi connectivity index (χ0v) is 10.3. The molecule has 0 unspecified atom stereocenters. The van der Waals surface area contributed by atoms with Crippen molar-refractivity contribution in [1.82, 2.24) is 0 Å². The molecule has 0 fully saturated rings. The van der Waals surface area contributed by atoms with Gasteiger partial charge in [-0.05, 0) is 0 Å². The molecule has 0 aliphatic carbocycles. The molecule has 0 radical (unpaired) electrons. The van der Waals surface area contributed by atoms with E-state index in [-0.39, 0.29) is 62.9 Å². The van der Waals surface area contributed by atoms with Crippen LogP contribution in [0, 0.1) is 0 Å². The van der Waals surface area contributed by atoms with Gasteiger partial charge in [-0.2, -0.15) is 0 Å². The van der Waals surface area contributed by atoms with Gasteiger partial charge in [0.25, 0.3) is 5.97 Å². The molecule has 0 saturated carbocycles. The van der Waals surface area contributed by atoms with E-state index in [1.54, 1.807) is 0 Å². The maximum absolute atomic E-state index is 9.00. The van der Waals surface area contributed by atoms with Crippen molar-refractivity contribution in [1.29, 1.82) is 0 Å². The van der Waals surface area contributed by atoms with E-state index in [1.807, 2.05) is 0 Å². The third kappa shape index (κ3) is 112. The van der Waals surface area contributed by atoms with Gasteiger partial charge in [-0.3, -0.25) is 4.79 Å². The standard InChI is InChI=1S/C2H4O2.ClH.Na.Zn.H/c1-2(3)4;;;;/h1H3,(H,3,4);1H;;;/q;;+1;;-1. The van der Waals surface area contributed by atoms with Gasteiger partial charge in [-0.25, -0.2) is 0 Å². The van der Waals surface area contributed by atoms with Crippen LogP contribution in [0.25, 0.3) is 0 Å². The Morgan fingerprint density at radius 2 is 1.71 bits per heavy atom. The van der Waals surface area contributed by atoms with E-state index in [1.165, 1.54) is 0 Å². The van der Waals surface area contributed by atoms with Gasteiger partial charge < -0.3 is 6.53 Å². The molecule has 0 spiro atoms. The first-order chi connectivity index (χ1) is 1.73. The third-order valence-corrected chi connectivity index (χ3v) is 0. The monoisotopic (exact) mass is 184 g/mol. The number of aliphatic carboxylic acids is 1. The molecule has 1 N–H and O–H groups in total. The van der Waals surface area contributed by atoms with Crippen molar-refractivity contribution in [2.75, 3.05) is 0 Å². The zero-order chi connectivity index (χ0) is 3.58. The average Bonchev–Trinajstić information content (AvgIpc) is 0.811. The number of carbonyl (C=O) groups is 1. The fourth-order valence-electron chi connectivity index (χ4n) is 0. The van der Waals surface area contributed by atoms with Crippen molar-refractivity contribution < 1.29 is 60.4 Å². The van der Waals surface area contributed by atoms with Crippen LogP contribution in [0.4, 0.5) is 0 Å². The molecule has 0 saturated heterocycles. The minimum absolute atomic E-state index is 0. The van der Waals surface area contributed by atoms with Crippen molar-refractivity contribution in [3.63, 3.8) is 0 Å². The molecule has 0 amide bonds. The molecule has 0 bridgehead atoms. The van der Waals surface area contributed by atoms with Crippen LogP contribution in [0.15, 0.2) is 0 Å². The molecular formula is C2H6ClNaO2Zn. The molecule has 0 aliphatic rings. The molecule has 0 rings (SSSR count). The quantitative estimate of drug-likeness (QED) is 0.429. The van der Waals surface area contributed by atoms with Crippen LogP contribution in [0.3, 0.4) is 0 Å². The summed E-state index contributed by atoms with van der Waals surface area (Å²) in [4.78, 5) is 9.00. The maximum atomic E-state index is 9.00. The number of halogens is 1. The molecule has 5 heteroatoms. The molecule has 0 aromatic rings. The van der Waals surface area contributed by atoms with Crippen LogP contribution in [-0.4, -0.2) is 11.1 Å². The Morgan fingerprint density at radius 1 is 1.71 bits per heavy atom. The van der Waals surface area contributed by atoms with Crippen LogP contribution < -0.4 is 29.6 Å². The SMILES string of the molecule is CC(=O)O.Cl.[H-].[Na+].[Zn]. The Bertz CT molecular complexity index is 43.0. The third-order valence-electron chi connectivity index (χ3n) is 0. The van der Waals surface area contributed by atoms with E-state index < -0.39 is 5.97 Å². The predicted octanol–water partition coefficient (Wildman–Crippen LogP) is -2.37. The summed E-state index contributed by atoms with van der Waals surface area (Å²) < 4.78 is 0. The molecule has 36 valence electrons. The van der Waals surface area contributed by atoms with Crippen LogP contribution in [0.2, 0.25) is 0 Å². The summed E-state index contributed by atoms with van der Waals surface area (Å²) in [7, 11) is 0. The fraction of sp³-hybridized carbons (Fsp3) is 0.500. The summed E-state index contributed by atoms with van der Waals surface area (Å²) >= 11 is 0.